The van der Waals surface area contributed by atoms with Crippen LogP contribution in [0.15, 0.2) is 16.8 Å². The van der Waals surface area contributed by atoms with E-state index in [2.05, 4.69) is 32.0 Å². The van der Waals surface area contributed by atoms with E-state index in [0.717, 1.165) is 11.5 Å². The zero-order valence-electron chi connectivity index (χ0n) is 8.20. The molecule has 1 aliphatic carbocycles. The molecule has 2 unspecified atom stereocenters. The molecule has 0 radical (unpaired) electrons. The first-order valence-corrected chi connectivity index (χ1v) is 4.36. The average molecular weight is 167 g/mol. The summed E-state index contributed by atoms with van der Waals surface area (Å²) in [6.45, 7) is 8.75. The summed E-state index contributed by atoms with van der Waals surface area (Å²) in [5.41, 5.74) is 1.48. The summed E-state index contributed by atoms with van der Waals surface area (Å²) in [6.07, 6.45) is 3.67. The molecule has 0 heterocycles. The Labute approximate surface area is 74.0 Å². The van der Waals surface area contributed by atoms with Crippen molar-refractivity contribution in [3.05, 3.63) is 11.6 Å². The van der Waals surface area contributed by atoms with Crippen molar-refractivity contribution in [1.29, 1.82) is 0 Å². The van der Waals surface area contributed by atoms with E-state index < -0.39 is 0 Å². The van der Waals surface area contributed by atoms with Gasteiger partial charge in [-0.15, -0.1) is 0 Å². The molecule has 1 rings (SSSR count). The molecule has 0 aromatic heterocycles. The number of hydrogen-bond acceptors (Lipinski definition) is 2. The van der Waals surface area contributed by atoms with Crippen molar-refractivity contribution in [2.75, 3.05) is 0 Å². The predicted octanol–water partition coefficient (Wildman–Crippen LogP) is 2.68. The first-order chi connectivity index (χ1) is 5.50. The van der Waals surface area contributed by atoms with Crippen molar-refractivity contribution in [2.45, 2.75) is 27.7 Å². The lowest BCUT2D eigenvalue weighted by molar-refractivity contribution is 0.321. The van der Waals surface area contributed by atoms with Crippen LogP contribution in [0.25, 0.3) is 0 Å². The molecule has 2 nitrogen and oxygen atoms in total. The molecule has 1 aliphatic rings. The van der Waals surface area contributed by atoms with E-state index in [-0.39, 0.29) is 0 Å². The smallest absolute Gasteiger partial charge is 0.0687 e. The van der Waals surface area contributed by atoms with Crippen molar-refractivity contribution in [2.24, 2.45) is 22.4 Å². The van der Waals surface area contributed by atoms with Gasteiger partial charge in [0.15, 0.2) is 0 Å². The summed E-state index contributed by atoms with van der Waals surface area (Å²) in [6, 6.07) is 0. The second-order valence-corrected chi connectivity index (χ2v) is 4.29. The molecule has 68 valence electrons. The van der Waals surface area contributed by atoms with Crippen LogP contribution < -0.4 is 0 Å². The fourth-order valence-electron chi connectivity index (χ4n) is 1.72. The van der Waals surface area contributed by atoms with Gasteiger partial charge in [0.05, 0.1) is 6.21 Å². The molecule has 2 atom stereocenters. The highest BCUT2D eigenvalue weighted by Gasteiger charge is 2.52. The number of rotatable bonds is 2. The van der Waals surface area contributed by atoms with Gasteiger partial charge in [-0.3, -0.25) is 0 Å². The summed E-state index contributed by atoms with van der Waals surface area (Å²) >= 11 is 0. The van der Waals surface area contributed by atoms with Gasteiger partial charge in [-0.1, -0.05) is 32.0 Å². The van der Waals surface area contributed by atoms with E-state index in [1.165, 1.54) is 6.21 Å². The van der Waals surface area contributed by atoms with E-state index >= 15 is 0 Å². The molecule has 1 fully saturated rings. The summed E-state index contributed by atoms with van der Waals surface area (Å²) in [5.74, 6) is 1.40. The Morgan fingerprint density at radius 2 is 2.00 bits per heavy atom. The second kappa shape index (κ2) is 2.92. The maximum Gasteiger partial charge on any atom is 0.0687 e. The normalized spacial score (nSPS) is 34.2. The number of hydrogen-bond donors (Lipinski definition) is 1. The van der Waals surface area contributed by atoms with Crippen LogP contribution in [0.4, 0.5) is 0 Å². The second-order valence-electron chi connectivity index (χ2n) is 4.29. The van der Waals surface area contributed by atoms with Crippen molar-refractivity contribution in [3.63, 3.8) is 0 Å². The molecule has 0 aliphatic heterocycles. The molecular formula is C10H17NO. The Hall–Kier alpha value is -0.790. The molecule has 2 heteroatoms. The molecule has 12 heavy (non-hydrogen) atoms. The monoisotopic (exact) mass is 167 g/mol. The summed E-state index contributed by atoms with van der Waals surface area (Å²) in [5, 5.41) is 11.3. The Kier molecular flexibility index (Phi) is 2.27. The molecule has 1 saturated carbocycles. The topological polar surface area (TPSA) is 32.6 Å². The minimum absolute atomic E-state index is 0.435. The third-order valence-electron chi connectivity index (χ3n) is 3.17. The van der Waals surface area contributed by atoms with Crippen molar-refractivity contribution in [3.8, 4) is 0 Å². The van der Waals surface area contributed by atoms with Crippen molar-refractivity contribution >= 4 is 6.21 Å². The van der Waals surface area contributed by atoms with E-state index in [1.807, 2.05) is 6.92 Å². The lowest BCUT2D eigenvalue weighted by atomic mass is 10.1. The summed E-state index contributed by atoms with van der Waals surface area (Å²) < 4.78 is 0. The molecule has 0 saturated heterocycles. The average Bonchev–Trinajstić information content (AvgIpc) is 2.40. The number of oxime groups is 1. The van der Waals surface area contributed by atoms with Gasteiger partial charge < -0.3 is 5.21 Å². The summed E-state index contributed by atoms with van der Waals surface area (Å²) in [7, 11) is 0. The van der Waals surface area contributed by atoms with Crippen LogP contribution in [-0.2, 0) is 0 Å². The standard InChI is InChI=1S/C10H17NO/c1-7(6-11-12)5-9-8(2)10(9,3)4/h5-6,8-9,12H,1-4H3/b7-5+,11-6-. The van der Waals surface area contributed by atoms with Gasteiger partial charge in [-0.2, -0.15) is 0 Å². The fourth-order valence-corrected chi connectivity index (χ4v) is 1.72. The van der Waals surface area contributed by atoms with Crippen LogP contribution in [0.2, 0.25) is 0 Å². The molecule has 0 spiro atoms. The fraction of sp³-hybridized carbons (Fsp3) is 0.700. The quantitative estimate of drug-likeness (QED) is 0.383. The van der Waals surface area contributed by atoms with Crippen LogP contribution in [0.5, 0.6) is 0 Å². The molecule has 0 aromatic carbocycles. The maximum absolute atomic E-state index is 8.29. The molecular weight excluding hydrogens is 150 g/mol. The minimum atomic E-state index is 0.435. The zero-order chi connectivity index (χ0) is 9.35. The van der Waals surface area contributed by atoms with Gasteiger partial charge in [-0.05, 0) is 29.7 Å². The van der Waals surface area contributed by atoms with E-state index in [4.69, 9.17) is 5.21 Å². The number of nitrogens with zero attached hydrogens (tertiary/aromatic N) is 1. The first kappa shape index (κ1) is 9.30. The Morgan fingerprint density at radius 3 is 2.33 bits per heavy atom. The first-order valence-electron chi connectivity index (χ1n) is 4.36. The number of allylic oxidation sites excluding steroid dienone is 2. The minimum Gasteiger partial charge on any atom is -0.411 e. The van der Waals surface area contributed by atoms with Crippen molar-refractivity contribution < 1.29 is 5.21 Å². The van der Waals surface area contributed by atoms with E-state index in [9.17, 15) is 0 Å². The van der Waals surface area contributed by atoms with Crippen molar-refractivity contribution in [1.82, 2.24) is 0 Å². The highest BCUT2D eigenvalue weighted by Crippen LogP contribution is 2.58. The molecule has 1 N–H and O–H groups in total. The predicted molar refractivity (Wildman–Crippen MR) is 50.5 cm³/mol. The van der Waals surface area contributed by atoms with Gasteiger partial charge >= 0.3 is 0 Å². The molecule has 0 aromatic rings. The lowest BCUT2D eigenvalue weighted by Gasteiger charge is -1.97. The highest BCUT2D eigenvalue weighted by atomic mass is 16.4. The van der Waals surface area contributed by atoms with Crippen LogP contribution in [0, 0.1) is 17.3 Å². The lowest BCUT2D eigenvalue weighted by Crippen LogP contribution is -1.88. The van der Waals surface area contributed by atoms with E-state index in [1.54, 1.807) is 0 Å². The van der Waals surface area contributed by atoms with Gasteiger partial charge in [0.1, 0.15) is 0 Å². The third-order valence-corrected chi connectivity index (χ3v) is 3.17. The zero-order valence-corrected chi connectivity index (χ0v) is 8.20. The van der Waals surface area contributed by atoms with Gasteiger partial charge in [0, 0.05) is 0 Å². The molecule has 0 amide bonds. The van der Waals surface area contributed by atoms with Gasteiger partial charge in [0.25, 0.3) is 0 Å². The highest BCUT2D eigenvalue weighted by molar-refractivity contribution is 5.77. The van der Waals surface area contributed by atoms with Crippen LogP contribution in [-0.4, -0.2) is 11.4 Å². The SMILES string of the molecule is CC(/C=N\O)=C\C1C(C)C1(C)C. The largest absolute Gasteiger partial charge is 0.411 e. The van der Waals surface area contributed by atoms with Crippen LogP contribution >= 0.6 is 0 Å². The Bertz CT molecular complexity index is 228. The molecule has 0 bridgehead atoms. The van der Waals surface area contributed by atoms with Gasteiger partial charge in [0.2, 0.25) is 0 Å². The summed E-state index contributed by atoms with van der Waals surface area (Å²) in [4.78, 5) is 0. The maximum atomic E-state index is 8.29. The Balaban J connectivity index is 2.60. The van der Waals surface area contributed by atoms with Gasteiger partial charge in [-0.25, -0.2) is 0 Å². The van der Waals surface area contributed by atoms with Crippen LogP contribution in [0.3, 0.4) is 0 Å². The third kappa shape index (κ3) is 1.52. The van der Waals surface area contributed by atoms with Crippen LogP contribution in [0.1, 0.15) is 27.7 Å². The Morgan fingerprint density at radius 1 is 1.50 bits per heavy atom. The van der Waals surface area contributed by atoms with E-state index in [0.29, 0.717) is 11.3 Å².